The van der Waals surface area contributed by atoms with Crippen LogP contribution in [0, 0.1) is 0 Å². The number of hydrogen-bond donors (Lipinski definition) is 5. The summed E-state index contributed by atoms with van der Waals surface area (Å²) < 4.78 is 0. The molecule has 1 amide bonds. The van der Waals surface area contributed by atoms with Crippen LogP contribution in [0.5, 0.6) is 0 Å². The van der Waals surface area contributed by atoms with Crippen molar-refractivity contribution in [2.24, 2.45) is 5.73 Å². The van der Waals surface area contributed by atoms with Crippen molar-refractivity contribution in [3.63, 3.8) is 0 Å². The van der Waals surface area contributed by atoms with E-state index in [-0.39, 0.29) is 0 Å². The number of nitrogens with one attached hydrogen (secondary N) is 1. The Hall–Kier alpha value is -0.690. The maximum absolute atomic E-state index is 11.1. The second-order valence-electron chi connectivity index (χ2n) is 3.03. The van der Waals surface area contributed by atoms with Gasteiger partial charge in [-0.1, -0.05) is 0 Å². The summed E-state index contributed by atoms with van der Waals surface area (Å²) in [6.45, 7) is -0.165. The molecule has 0 bridgehead atoms. The van der Waals surface area contributed by atoms with Gasteiger partial charge in [0.15, 0.2) is 0 Å². The molecule has 0 saturated heterocycles. The van der Waals surface area contributed by atoms with Gasteiger partial charge >= 0.3 is 0 Å². The number of rotatable bonds is 5. The predicted octanol–water partition coefficient (Wildman–Crippen LogP) is -2.83. The van der Waals surface area contributed by atoms with E-state index < -0.39 is 37.3 Å². The van der Waals surface area contributed by atoms with Crippen LogP contribution in [0.2, 0.25) is 0 Å². The van der Waals surface area contributed by atoms with Gasteiger partial charge in [-0.25, -0.2) is 0 Å². The lowest BCUT2D eigenvalue weighted by atomic mass is 10.0. The first-order chi connectivity index (χ1) is 6.01. The Balaban J connectivity index is 4.33. The van der Waals surface area contributed by atoms with Crippen molar-refractivity contribution in [1.82, 2.24) is 5.32 Å². The van der Waals surface area contributed by atoms with Crippen molar-refractivity contribution in [3.05, 3.63) is 0 Å². The van der Waals surface area contributed by atoms with Crippen LogP contribution in [0.3, 0.4) is 0 Å². The van der Waals surface area contributed by atoms with Gasteiger partial charge in [-0.15, -0.1) is 0 Å². The molecule has 6 heteroatoms. The number of nitrogens with two attached hydrogens (primary N) is 1. The molecule has 0 spiro atoms. The SMILES string of the molecule is C[C@H](N)C(=O)NC(CO)(CO)CO. The van der Waals surface area contributed by atoms with Gasteiger partial charge in [0.1, 0.15) is 5.54 Å². The van der Waals surface area contributed by atoms with Gasteiger partial charge in [-0.3, -0.25) is 4.79 Å². The van der Waals surface area contributed by atoms with Gasteiger partial charge in [-0.05, 0) is 6.92 Å². The van der Waals surface area contributed by atoms with Crippen LogP contribution in [-0.4, -0.2) is 52.6 Å². The maximum Gasteiger partial charge on any atom is 0.237 e. The lowest BCUT2D eigenvalue weighted by Crippen LogP contribution is -2.59. The molecule has 0 saturated carbocycles. The van der Waals surface area contributed by atoms with Crippen LogP contribution in [0.25, 0.3) is 0 Å². The molecule has 0 rings (SSSR count). The predicted molar refractivity (Wildman–Crippen MR) is 45.8 cm³/mol. The highest BCUT2D eigenvalue weighted by Crippen LogP contribution is 2.01. The number of carbonyl (C=O) groups excluding carboxylic acids is 1. The van der Waals surface area contributed by atoms with Crippen molar-refractivity contribution >= 4 is 5.91 Å². The largest absolute Gasteiger partial charge is 0.394 e. The molecule has 0 heterocycles. The number of amides is 1. The molecule has 6 N–H and O–H groups in total. The molecule has 0 aromatic heterocycles. The summed E-state index contributed by atoms with van der Waals surface area (Å²) in [7, 11) is 0. The molecule has 0 fully saturated rings. The van der Waals surface area contributed by atoms with Gasteiger partial charge in [0.25, 0.3) is 0 Å². The van der Waals surface area contributed by atoms with E-state index in [1.165, 1.54) is 6.92 Å². The van der Waals surface area contributed by atoms with Crippen LogP contribution >= 0.6 is 0 Å². The third-order valence-electron chi connectivity index (χ3n) is 1.71. The molecule has 6 nitrogen and oxygen atoms in total. The van der Waals surface area contributed by atoms with E-state index in [0.717, 1.165) is 0 Å². The van der Waals surface area contributed by atoms with E-state index >= 15 is 0 Å². The maximum atomic E-state index is 11.1. The standard InChI is InChI=1S/C7H16N2O4/c1-5(8)6(13)9-7(2-10,3-11)4-12/h5,10-12H,2-4,8H2,1H3,(H,9,13)/t5-/m0/s1. The Bertz CT molecular complexity index is 160. The Morgan fingerprint density at radius 2 is 1.77 bits per heavy atom. The monoisotopic (exact) mass is 192 g/mol. The minimum atomic E-state index is -1.38. The highest BCUT2D eigenvalue weighted by Gasteiger charge is 2.30. The van der Waals surface area contributed by atoms with Crippen molar-refractivity contribution in [2.75, 3.05) is 19.8 Å². The number of aliphatic hydroxyl groups is 3. The van der Waals surface area contributed by atoms with Crippen LogP contribution in [0.15, 0.2) is 0 Å². The van der Waals surface area contributed by atoms with E-state index in [1.807, 2.05) is 0 Å². The van der Waals surface area contributed by atoms with Gasteiger partial charge in [0, 0.05) is 0 Å². The molecule has 0 unspecified atom stereocenters. The second kappa shape index (κ2) is 5.13. The van der Waals surface area contributed by atoms with E-state index in [4.69, 9.17) is 21.1 Å². The molecule has 0 aliphatic rings. The zero-order valence-electron chi connectivity index (χ0n) is 7.53. The molecule has 0 aromatic carbocycles. The van der Waals surface area contributed by atoms with Crippen LogP contribution in [0.4, 0.5) is 0 Å². The smallest absolute Gasteiger partial charge is 0.237 e. The van der Waals surface area contributed by atoms with Crippen LogP contribution in [0.1, 0.15) is 6.92 Å². The summed E-state index contributed by atoms with van der Waals surface area (Å²) in [6.07, 6.45) is 0. The highest BCUT2D eigenvalue weighted by atomic mass is 16.3. The number of carbonyl (C=O) groups is 1. The molecular weight excluding hydrogens is 176 g/mol. The molecular formula is C7H16N2O4. The lowest BCUT2D eigenvalue weighted by Gasteiger charge is -2.29. The summed E-state index contributed by atoms with van der Waals surface area (Å²) >= 11 is 0. The van der Waals surface area contributed by atoms with Gasteiger partial charge < -0.3 is 26.4 Å². The fourth-order valence-corrected chi connectivity index (χ4v) is 0.644. The molecule has 1 atom stereocenters. The number of aliphatic hydroxyl groups excluding tert-OH is 3. The third-order valence-corrected chi connectivity index (χ3v) is 1.71. The molecule has 78 valence electrons. The minimum absolute atomic E-state index is 0.530. The Morgan fingerprint density at radius 1 is 1.38 bits per heavy atom. The highest BCUT2D eigenvalue weighted by molar-refractivity contribution is 5.81. The van der Waals surface area contributed by atoms with Crippen LogP contribution in [-0.2, 0) is 4.79 Å². The third kappa shape index (κ3) is 3.27. The Morgan fingerprint density at radius 3 is 2.00 bits per heavy atom. The first-order valence-corrected chi connectivity index (χ1v) is 3.91. The van der Waals surface area contributed by atoms with Crippen molar-refractivity contribution in [3.8, 4) is 0 Å². The molecule has 0 aromatic rings. The first-order valence-electron chi connectivity index (χ1n) is 3.91. The zero-order valence-corrected chi connectivity index (χ0v) is 7.53. The first kappa shape index (κ1) is 12.3. The Labute approximate surface area is 76.4 Å². The number of hydrogen-bond acceptors (Lipinski definition) is 5. The van der Waals surface area contributed by atoms with Crippen LogP contribution < -0.4 is 11.1 Å². The quantitative estimate of drug-likeness (QED) is 0.322. The normalized spacial score (nSPS) is 13.9. The molecule has 13 heavy (non-hydrogen) atoms. The van der Waals surface area contributed by atoms with E-state index in [2.05, 4.69) is 5.32 Å². The topological polar surface area (TPSA) is 116 Å². The van der Waals surface area contributed by atoms with Crippen molar-refractivity contribution in [1.29, 1.82) is 0 Å². The fraction of sp³-hybridized carbons (Fsp3) is 0.857. The molecule has 0 aliphatic heterocycles. The summed E-state index contributed by atoms with van der Waals surface area (Å²) in [5.41, 5.74) is 3.87. The second-order valence-corrected chi connectivity index (χ2v) is 3.03. The van der Waals surface area contributed by atoms with E-state index in [0.29, 0.717) is 0 Å². The molecule has 0 aliphatic carbocycles. The summed E-state index contributed by atoms with van der Waals surface area (Å²) in [4.78, 5) is 11.1. The average Bonchev–Trinajstić information content (AvgIpc) is 2.14. The van der Waals surface area contributed by atoms with E-state index in [9.17, 15) is 4.79 Å². The average molecular weight is 192 g/mol. The zero-order chi connectivity index (χ0) is 10.5. The van der Waals surface area contributed by atoms with Crippen molar-refractivity contribution in [2.45, 2.75) is 18.5 Å². The van der Waals surface area contributed by atoms with Gasteiger partial charge in [0.2, 0.25) is 5.91 Å². The fourth-order valence-electron chi connectivity index (χ4n) is 0.644. The minimum Gasteiger partial charge on any atom is -0.394 e. The van der Waals surface area contributed by atoms with Crippen molar-refractivity contribution < 1.29 is 20.1 Å². The lowest BCUT2D eigenvalue weighted by molar-refractivity contribution is -0.126. The Kier molecular flexibility index (Phi) is 4.86. The summed E-state index contributed by atoms with van der Waals surface area (Å²) in [5, 5.41) is 28.8. The summed E-state index contributed by atoms with van der Waals surface area (Å²) in [5.74, 6) is -0.530. The molecule has 0 radical (unpaired) electrons. The van der Waals surface area contributed by atoms with E-state index in [1.54, 1.807) is 0 Å². The summed E-state index contributed by atoms with van der Waals surface area (Å²) in [6, 6.07) is -0.746. The van der Waals surface area contributed by atoms with Gasteiger partial charge in [-0.2, -0.15) is 0 Å². The van der Waals surface area contributed by atoms with Gasteiger partial charge in [0.05, 0.1) is 25.9 Å².